The predicted molar refractivity (Wildman–Crippen MR) is 99.0 cm³/mol. The van der Waals surface area contributed by atoms with Gasteiger partial charge in [0.2, 0.25) is 0 Å². The van der Waals surface area contributed by atoms with Gasteiger partial charge in [-0.1, -0.05) is 0 Å². The Morgan fingerprint density at radius 3 is 1.50 bits per heavy atom. The van der Waals surface area contributed by atoms with Crippen LogP contribution >= 0.6 is 0 Å². The van der Waals surface area contributed by atoms with Gasteiger partial charge in [0.25, 0.3) is 11.8 Å². The molecule has 2 heterocycles. The van der Waals surface area contributed by atoms with E-state index in [2.05, 4.69) is 44.8 Å². The largest absolute Gasteiger partial charge is 0.277 e. The van der Waals surface area contributed by atoms with E-state index < -0.39 is 0 Å². The number of nitrogens with zero attached hydrogens (tertiary/aromatic N) is 4. The van der Waals surface area contributed by atoms with Gasteiger partial charge in [-0.3, -0.25) is 14.5 Å². The third-order valence-corrected chi connectivity index (χ3v) is 5.75. The molecular formula is C20H20N4O2. The molecule has 0 spiro atoms. The van der Waals surface area contributed by atoms with Crippen LogP contribution in [-0.2, 0) is 0 Å². The summed E-state index contributed by atoms with van der Waals surface area (Å²) >= 11 is 0. The summed E-state index contributed by atoms with van der Waals surface area (Å²) < 4.78 is 0. The van der Waals surface area contributed by atoms with Gasteiger partial charge < -0.3 is 0 Å². The second kappa shape index (κ2) is 5.24. The molecule has 4 rings (SSSR count). The van der Waals surface area contributed by atoms with E-state index in [1.54, 1.807) is 16.9 Å². The van der Waals surface area contributed by atoms with Crippen molar-refractivity contribution >= 4 is 22.8 Å². The van der Waals surface area contributed by atoms with Gasteiger partial charge in [-0.05, 0) is 74.6 Å². The molecule has 3 aromatic rings. The minimum absolute atomic E-state index is 0.296. The lowest BCUT2D eigenvalue weighted by Crippen LogP contribution is -2.24. The lowest BCUT2D eigenvalue weighted by Gasteiger charge is -2.17. The van der Waals surface area contributed by atoms with Crippen molar-refractivity contribution in [3.63, 3.8) is 0 Å². The van der Waals surface area contributed by atoms with Gasteiger partial charge in [-0.15, -0.1) is 15.0 Å². The molecule has 0 saturated carbocycles. The molecule has 26 heavy (non-hydrogen) atoms. The fourth-order valence-electron chi connectivity index (χ4n) is 3.65. The number of hydrogen-bond donors (Lipinski definition) is 0. The average Bonchev–Trinajstić information content (AvgIpc) is 3.12. The summed E-state index contributed by atoms with van der Waals surface area (Å²) in [4.78, 5) is 27.2. The van der Waals surface area contributed by atoms with E-state index in [9.17, 15) is 9.59 Å². The maximum absolute atomic E-state index is 12.2. The number of imide groups is 1. The van der Waals surface area contributed by atoms with Crippen LogP contribution in [0.1, 0.15) is 48.5 Å². The normalized spacial score (nSPS) is 13.8. The molecule has 6 heteroatoms. The summed E-state index contributed by atoms with van der Waals surface area (Å²) in [6.45, 7) is 10.5. The summed E-state index contributed by atoms with van der Waals surface area (Å²) in [5.41, 5.74) is 8.93. The van der Waals surface area contributed by atoms with E-state index in [1.807, 2.05) is 0 Å². The summed E-state index contributed by atoms with van der Waals surface area (Å²) in [5, 5.41) is 9.20. The Hall–Kier alpha value is -3.02. The standard InChI is InChI=1S/C20H20N4O2/c1-9-10(2)12(4)18(13(5)11(9)3)24-21-16-7-14-15(8-17(16)22-24)20(26)23(6)19(14)25/h7-8H,1-6H3. The molecule has 6 nitrogen and oxygen atoms in total. The first-order chi connectivity index (χ1) is 12.2. The highest BCUT2D eigenvalue weighted by molar-refractivity contribution is 6.22. The molecule has 132 valence electrons. The minimum atomic E-state index is -0.296. The van der Waals surface area contributed by atoms with Crippen molar-refractivity contribution < 1.29 is 9.59 Å². The molecule has 0 N–H and O–H groups in total. The molecule has 1 aliphatic rings. The Labute approximate surface area is 151 Å². The van der Waals surface area contributed by atoms with Gasteiger partial charge >= 0.3 is 0 Å². The van der Waals surface area contributed by atoms with E-state index in [4.69, 9.17) is 0 Å². The van der Waals surface area contributed by atoms with Crippen molar-refractivity contribution in [3.8, 4) is 5.69 Å². The van der Waals surface area contributed by atoms with E-state index in [0.717, 1.165) is 21.7 Å². The zero-order valence-corrected chi connectivity index (χ0v) is 15.8. The van der Waals surface area contributed by atoms with Crippen LogP contribution in [0.25, 0.3) is 16.7 Å². The monoisotopic (exact) mass is 348 g/mol. The molecule has 1 aliphatic heterocycles. The highest BCUT2D eigenvalue weighted by Gasteiger charge is 2.33. The van der Waals surface area contributed by atoms with Crippen LogP contribution in [-0.4, -0.2) is 38.8 Å². The number of benzene rings is 2. The fraction of sp³-hybridized carbons (Fsp3) is 0.300. The number of hydrogen-bond acceptors (Lipinski definition) is 4. The van der Waals surface area contributed by atoms with Crippen LogP contribution < -0.4 is 0 Å². The van der Waals surface area contributed by atoms with Gasteiger partial charge in [0.05, 0.1) is 16.8 Å². The number of fused-ring (bicyclic) bond motifs is 2. The zero-order chi connectivity index (χ0) is 18.9. The lowest BCUT2D eigenvalue weighted by molar-refractivity contribution is 0.0693. The zero-order valence-electron chi connectivity index (χ0n) is 15.8. The molecule has 0 bridgehead atoms. The third kappa shape index (κ3) is 1.98. The first-order valence-corrected chi connectivity index (χ1v) is 8.53. The second-order valence-electron chi connectivity index (χ2n) is 7.02. The Balaban J connectivity index is 1.97. The Bertz CT molecular complexity index is 1060. The number of rotatable bonds is 1. The van der Waals surface area contributed by atoms with Crippen LogP contribution in [0, 0.1) is 34.6 Å². The SMILES string of the molecule is Cc1c(C)c(C)c(-n2nc3cc4c(cc3n2)C(=O)N(C)C4=O)c(C)c1C. The quantitative estimate of drug-likeness (QED) is 0.634. The van der Waals surface area contributed by atoms with Gasteiger partial charge in [0.1, 0.15) is 11.0 Å². The summed E-state index contributed by atoms with van der Waals surface area (Å²) in [7, 11) is 1.49. The predicted octanol–water partition coefficient (Wildman–Crippen LogP) is 3.19. The highest BCUT2D eigenvalue weighted by Crippen LogP contribution is 2.30. The van der Waals surface area contributed by atoms with Crippen molar-refractivity contribution in [3.05, 3.63) is 51.1 Å². The molecule has 0 saturated heterocycles. The van der Waals surface area contributed by atoms with Gasteiger partial charge in [-0.25, -0.2) is 0 Å². The van der Waals surface area contributed by atoms with Crippen LogP contribution in [0.3, 0.4) is 0 Å². The molecule has 0 unspecified atom stereocenters. The first kappa shape index (κ1) is 16.4. The average molecular weight is 348 g/mol. The van der Waals surface area contributed by atoms with Gasteiger partial charge in [-0.2, -0.15) is 0 Å². The summed E-state index contributed by atoms with van der Waals surface area (Å²) in [6.07, 6.45) is 0. The van der Waals surface area contributed by atoms with Crippen LogP contribution in [0.4, 0.5) is 0 Å². The van der Waals surface area contributed by atoms with Crippen molar-refractivity contribution in [1.82, 2.24) is 19.9 Å². The number of carbonyl (C=O) groups excluding carboxylic acids is 2. The number of aromatic nitrogens is 3. The highest BCUT2D eigenvalue weighted by atomic mass is 16.2. The molecule has 0 aliphatic carbocycles. The Morgan fingerprint density at radius 1 is 0.692 bits per heavy atom. The molecule has 2 aromatic carbocycles. The molecule has 2 amide bonds. The van der Waals surface area contributed by atoms with E-state index in [0.29, 0.717) is 22.2 Å². The van der Waals surface area contributed by atoms with Crippen LogP contribution in [0.2, 0.25) is 0 Å². The second-order valence-corrected chi connectivity index (χ2v) is 7.02. The smallest absolute Gasteiger partial charge is 0.261 e. The van der Waals surface area contributed by atoms with Crippen molar-refractivity contribution in [1.29, 1.82) is 0 Å². The first-order valence-electron chi connectivity index (χ1n) is 8.53. The van der Waals surface area contributed by atoms with E-state index in [-0.39, 0.29) is 11.8 Å². The molecular weight excluding hydrogens is 328 g/mol. The van der Waals surface area contributed by atoms with E-state index in [1.165, 1.54) is 23.7 Å². The molecule has 0 fully saturated rings. The van der Waals surface area contributed by atoms with E-state index >= 15 is 0 Å². The van der Waals surface area contributed by atoms with Gasteiger partial charge in [0.15, 0.2) is 0 Å². The van der Waals surface area contributed by atoms with Gasteiger partial charge in [0, 0.05) is 7.05 Å². The van der Waals surface area contributed by atoms with Crippen molar-refractivity contribution in [2.45, 2.75) is 34.6 Å². The third-order valence-electron chi connectivity index (χ3n) is 5.75. The maximum Gasteiger partial charge on any atom is 0.261 e. The molecule has 0 radical (unpaired) electrons. The molecule has 0 atom stereocenters. The Morgan fingerprint density at radius 2 is 1.08 bits per heavy atom. The summed E-state index contributed by atoms with van der Waals surface area (Å²) in [5.74, 6) is -0.591. The maximum atomic E-state index is 12.2. The fourth-order valence-corrected chi connectivity index (χ4v) is 3.65. The minimum Gasteiger partial charge on any atom is -0.277 e. The number of carbonyl (C=O) groups is 2. The van der Waals surface area contributed by atoms with Crippen molar-refractivity contribution in [2.24, 2.45) is 0 Å². The summed E-state index contributed by atoms with van der Waals surface area (Å²) in [6, 6.07) is 3.33. The lowest BCUT2D eigenvalue weighted by atomic mass is 9.93. The molecule has 1 aromatic heterocycles. The van der Waals surface area contributed by atoms with Crippen molar-refractivity contribution in [2.75, 3.05) is 7.05 Å². The van der Waals surface area contributed by atoms with Crippen LogP contribution in [0.5, 0.6) is 0 Å². The van der Waals surface area contributed by atoms with Crippen LogP contribution in [0.15, 0.2) is 12.1 Å². The Kier molecular flexibility index (Phi) is 3.31. The topological polar surface area (TPSA) is 68.1 Å². The number of amides is 2.